The molecule has 0 aliphatic carbocycles. The van der Waals surface area contributed by atoms with Crippen LogP contribution in [0.2, 0.25) is 0 Å². The Balaban J connectivity index is 1.78. The maximum Gasteiger partial charge on any atom is 0.416 e. The third-order valence-corrected chi connectivity index (χ3v) is 5.90. The lowest BCUT2D eigenvalue weighted by Crippen LogP contribution is -2.54. The van der Waals surface area contributed by atoms with E-state index in [-0.39, 0.29) is 23.0 Å². The highest BCUT2D eigenvalue weighted by Crippen LogP contribution is 2.40. The number of alkyl halides is 3. The van der Waals surface area contributed by atoms with Crippen molar-refractivity contribution in [1.29, 1.82) is 0 Å². The first-order valence-corrected chi connectivity index (χ1v) is 9.91. The first-order valence-electron chi connectivity index (χ1n) is 9.91. The van der Waals surface area contributed by atoms with Crippen molar-refractivity contribution in [2.75, 3.05) is 19.6 Å². The van der Waals surface area contributed by atoms with Gasteiger partial charge in [0.1, 0.15) is 0 Å². The van der Waals surface area contributed by atoms with Gasteiger partial charge in [-0.25, -0.2) is 0 Å². The summed E-state index contributed by atoms with van der Waals surface area (Å²) in [6, 6.07) is 3.42. The van der Waals surface area contributed by atoms with Crippen molar-refractivity contribution in [2.45, 2.75) is 50.2 Å². The number of hydrogen-bond acceptors (Lipinski definition) is 3. The Bertz CT molecular complexity index is 850. The zero-order chi connectivity index (χ0) is 22.1. The molecule has 1 atom stereocenters. The van der Waals surface area contributed by atoms with Crippen molar-refractivity contribution in [3.05, 3.63) is 34.9 Å². The SMILES string of the molecule is CC1(C(=O)N2CCC(c3ccc(C(=O)N=C(N)N)cc3C(F)(F)F)CC2)CCCN1. The van der Waals surface area contributed by atoms with Crippen LogP contribution in [-0.2, 0) is 11.0 Å². The number of amides is 2. The monoisotopic (exact) mass is 425 g/mol. The average molecular weight is 425 g/mol. The Morgan fingerprint density at radius 2 is 1.90 bits per heavy atom. The minimum Gasteiger partial charge on any atom is -0.370 e. The Morgan fingerprint density at radius 3 is 2.43 bits per heavy atom. The minimum absolute atomic E-state index is 0.00711. The molecular formula is C20H26F3N5O2. The summed E-state index contributed by atoms with van der Waals surface area (Å²) in [5, 5.41) is 3.23. The summed E-state index contributed by atoms with van der Waals surface area (Å²) in [6.07, 6.45) is -2.09. The van der Waals surface area contributed by atoms with Crippen molar-refractivity contribution in [3.8, 4) is 0 Å². The average Bonchev–Trinajstić information content (AvgIpc) is 3.13. The number of piperidine rings is 1. The number of benzene rings is 1. The van der Waals surface area contributed by atoms with Gasteiger partial charge in [0.2, 0.25) is 5.91 Å². The highest BCUT2D eigenvalue weighted by molar-refractivity contribution is 6.02. The summed E-state index contributed by atoms with van der Waals surface area (Å²) < 4.78 is 41.1. The highest BCUT2D eigenvalue weighted by Gasteiger charge is 2.41. The topological polar surface area (TPSA) is 114 Å². The number of halogens is 3. The van der Waals surface area contributed by atoms with Gasteiger partial charge < -0.3 is 21.7 Å². The number of aliphatic imine (C=N–C) groups is 1. The Labute approximate surface area is 172 Å². The smallest absolute Gasteiger partial charge is 0.370 e. The van der Waals surface area contributed by atoms with Gasteiger partial charge >= 0.3 is 6.18 Å². The molecule has 1 aromatic carbocycles. The molecule has 0 radical (unpaired) electrons. The standard InChI is InChI=1S/C20H26F3N5O2/c1-19(7-2-8-26-19)17(30)28-9-5-12(6-10-28)14-4-3-13(16(29)27-18(24)25)11-15(14)20(21,22)23/h3-4,11-12,26H,2,5-10H2,1H3,(H4,24,25,27,29). The summed E-state index contributed by atoms with van der Waals surface area (Å²) >= 11 is 0. The number of rotatable bonds is 3. The molecule has 164 valence electrons. The second-order valence-electron chi connectivity index (χ2n) is 8.07. The van der Waals surface area contributed by atoms with E-state index in [4.69, 9.17) is 11.5 Å². The van der Waals surface area contributed by atoms with E-state index < -0.39 is 29.1 Å². The summed E-state index contributed by atoms with van der Waals surface area (Å²) in [5.41, 5.74) is 8.73. The Hall–Kier alpha value is -2.62. The molecule has 2 aliphatic heterocycles. The van der Waals surface area contributed by atoms with Gasteiger partial charge in [-0.2, -0.15) is 18.2 Å². The molecule has 0 spiro atoms. The number of nitrogens with two attached hydrogens (primary N) is 2. The second-order valence-corrected chi connectivity index (χ2v) is 8.07. The van der Waals surface area contributed by atoms with Crippen LogP contribution in [0.1, 0.15) is 60.0 Å². The van der Waals surface area contributed by atoms with Crippen LogP contribution in [0, 0.1) is 0 Å². The molecule has 2 heterocycles. The lowest BCUT2D eigenvalue weighted by atomic mass is 9.84. The molecule has 2 amide bonds. The number of carbonyl (C=O) groups excluding carboxylic acids is 2. The molecule has 2 fully saturated rings. The van der Waals surface area contributed by atoms with Gasteiger partial charge in [-0.15, -0.1) is 0 Å². The van der Waals surface area contributed by atoms with Crippen molar-refractivity contribution in [3.63, 3.8) is 0 Å². The molecule has 10 heteroatoms. The van der Waals surface area contributed by atoms with E-state index >= 15 is 0 Å². The van der Waals surface area contributed by atoms with Gasteiger partial charge in [-0.05, 0) is 62.8 Å². The number of hydrogen-bond donors (Lipinski definition) is 3. The predicted octanol–water partition coefficient (Wildman–Crippen LogP) is 1.97. The molecule has 2 aliphatic rings. The summed E-state index contributed by atoms with van der Waals surface area (Å²) in [4.78, 5) is 29.8. The predicted molar refractivity (Wildman–Crippen MR) is 106 cm³/mol. The van der Waals surface area contributed by atoms with Crippen LogP contribution in [0.5, 0.6) is 0 Å². The van der Waals surface area contributed by atoms with Crippen LogP contribution in [0.15, 0.2) is 23.2 Å². The molecule has 3 rings (SSSR count). The second kappa shape index (κ2) is 8.25. The van der Waals surface area contributed by atoms with Gasteiger partial charge in [0.25, 0.3) is 5.91 Å². The zero-order valence-corrected chi connectivity index (χ0v) is 16.8. The fourth-order valence-corrected chi connectivity index (χ4v) is 4.29. The van der Waals surface area contributed by atoms with E-state index in [1.807, 2.05) is 6.92 Å². The number of nitrogens with one attached hydrogen (secondary N) is 1. The first kappa shape index (κ1) is 22.1. The Kier molecular flexibility index (Phi) is 6.07. The van der Waals surface area contributed by atoms with Crippen LogP contribution >= 0.6 is 0 Å². The minimum atomic E-state index is -4.63. The zero-order valence-electron chi connectivity index (χ0n) is 16.8. The molecule has 2 saturated heterocycles. The molecular weight excluding hydrogens is 399 g/mol. The van der Waals surface area contributed by atoms with Gasteiger partial charge in [-0.3, -0.25) is 9.59 Å². The maximum absolute atomic E-state index is 13.7. The third kappa shape index (κ3) is 4.58. The summed E-state index contributed by atoms with van der Waals surface area (Å²) in [7, 11) is 0. The normalized spacial score (nSPS) is 22.7. The van der Waals surface area contributed by atoms with E-state index in [1.165, 1.54) is 12.1 Å². The van der Waals surface area contributed by atoms with Crippen LogP contribution in [0.25, 0.3) is 0 Å². The molecule has 0 saturated carbocycles. The van der Waals surface area contributed by atoms with Gasteiger partial charge in [-0.1, -0.05) is 6.07 Å². The van der Waals surface area contributed by atoms with Crippen LogP contribution < -0.4 is 16.8 Å². The van der Waals surface area contributed by atoms with Crippen LogP contribution in [0.3, 0.4) is 0 Å². The lowest BCUT2D eigenvalue weighted by molar-refractivity contribution is -0.140. The number of guanidine groups is 1. The number of likely N-dealkylation sites (tertiary alicyclic amines) is 1. The van der Waals surface area contributed by atoms with E-state index in [0.29, 0.717) is 25.9 Å². The fraction of sp³-hybridized carbons (Fsp3) is 0.550. The third-order valence-electron chi connectivity index (χ3n) is 5.90. The largest absolute Gasteiger partial charge is 0.416 e. The quantitative estimate of drug-likeness (QED) is 0.506. The van der Waals surface area contributed by atoms with Crippen molar-refractivity contribution in [1.82, 2.24) is 10.2 Å². The van der Waals surface area contributed by atoms with E-state index in [1.54, 1.807) is 4.90 Å². The molecule has 0 aromatic heterocycles. The van der Waals surface area contributed by atoms with E-state index in [0.717, 1.165) is 25.5 Å². The lowest BCUT2D eigenvalue weighted by Gasteiger charge is -2.37. The van der Waals surface area contributed by atoms with E-state index in [9.17, 15) is 22.8 Å². The van der Waals surface area contributed by atoms with Gasteiger partial charge in [0.05, 0.1) is 11.1 Å². The first-order chi connectivity index (χ1) is 14.0. The molecule has 1 aromatic rings. The van der Waals surface area contributed by atoms with Crippen molar-refractivity contribution < 1.29 is 22.8 Å². The molecule has 5 N–H and O–H groups in total. The number of nitrogens with zero attached hydrogens (tertiary/aromatic N) is 2. The molecule has 7 nitrogen and oxygen atoms in total. The molecule has 30 heavy (non-hydrogen) atoms. The van der Waals surface area contributed by atoms with Crippen molar-refractivity contribution in [2.24, 2.45) is 16.5 Å². The van der Waals surface area contributed by atoms with Gasteiger partial charge in [0, 0.05) is 18.7 Å². The molecule has 1 unspecified atom stereocenters. The fourth-order valence-electron chi connectivity index (χ4n) is 4.29. The van der Waals surface area contributed by atoms with Gasteiger partial charge in [0.15, 0.2) is 5.96 Å². The van der Waals surface area contributed by atoms with Crippen LogP contribution in [-0.4, -0.2) is 47.8 Å². The number of carbonyl (C=O) groups is 2. The maximum atomic E-state index is 13.7. The summed E-state index contributed by atoms with van der Waals surface area (Å²) in [5.74, 6) is -1.79. The van der Waals surface area contributed by atoms with Crippen LogP contribution in [0.4, 0.5) is 13.2 Å². The molecule has 0 bridgehead atoms. The highest BCUT2D eigenvalue weighted by atomic mass is 19.4. The van der Waals surface area contributed by atoms with E-state index in [2.05, 4.69) is 10.3 Å². The Morgan fingerprint density at radius 1 is 1.23 bits per heavy atom. The van der Waals surface area contributed by atoms with Crippen molar-refractivity contribution >= 4 is 17.8 Å². The summed E-state index contributed by atoms with van der Waals surface area (Å²) in [6.45, 7) is 3.46.